The van der Waals surface area contributed by atoms with Gasteiger partial charge in [0, 0.05) is 39.1 Å². The van der Waals surface area contributed by atoms with Crippen LogP contribution in [0.5, 0.6) is 0 Å². The van der Waals surface area contributed by atoms with Crippen LogP contribution in [0, 0.1) is 0 Å². The second-order valence-corrected chi connectivity index (χ2v) is 5.28. The SMILES string of the molecule is CC(=O)NC1CCCN(C(=O)CC2CNCCO2)C1.Cl. The molecule has 2 aliphatic heterocycles. The summed E-state index contributed by atoms with van der Waals surface area (Å²) in [4.78, 5) is 25.1. The molecule has 2 N–H and O–H groups in total. The Labute approximate surface area is 126 Å². The van der Waals surface area contributed by atoms with Crippen LogP contribution >= 0.6 is 12.4 Å². The lowest BCUT2D eigenvalue weighted by atomic mass is 10.0. The standard InChI is InChI=1S/C13H23N3O3.ClH/c1-10(17)15-11-3-2-5-16(9-11)13(18)7-12-8-14-4-6-19-12;/h11-12,14H,2-9H2,1H3,(H,15,17);1H. The Balaban J connectivity index is 0.00000200. The number of nitrogens with zero attached hydrogens (tertiary/aromatic N) is 1. The molecule has 2 saturated heterocycles. The number of hydrogen-bond donors (Lipinski definition) is 2. The van der Waals surface area contributed by atoms with Gasteiger partial charge in [0.25, 0.3) is 0 Å². The Bertz CT molecular complexity index is 335. The van der Waals surface area contributed by atoms with Crippen LogP contribution in [-0.4, -0.2) is 61.6 Å². The molecule has 0 radical (unpaired) electrons. The molecule has 116 valence electrons. The summed E-state index contributed by atoms with van der Waals surface area (Å²) >= 11 is 0. The van der Waals surface area contributed by atoms with Crippen molar-refractivity contribution in [1.29, 1.82) is 0 Å². The van der Waals surface area contributed by atoms with Crippen LogP contribution in [0.4, 0.5) is 0 Å². The zero-order valence-electron chi connectivity index (χ0n) is 11.9. The average Bonchev–Trinajstić information content (AvgIpc) is 2.39. The number of morpholine rings is 1. The number of carbonyl (C=O) groups is 2. The van der Waals surface area contributed by atoms with Gasteiger partial charge in [-0.25, -0.2) is 0 Å². The summed E-state index contributed by atoms with van der Waals surface area (Å²) in [5, 5.41) is 6.12. The molecule has 2 unspecified atom stereocenters. The first-order chi connectivity index (χ1) is 9.15. The third-order valence-corrected chi connectivity index (χ3v) is 3.59. The smallest absolute Gasteiger partial charge is 0.225 e. The van der Waals surface area contributed by atoms with Crippen molar-refractivity contribution in [2.24, 2.45) is 0 Å². The van der Waals surface area contributed by atoms with Gasteiger partial charge in [-0.1, -0.05) is 0 Å². The highest BCUT2D eigenvalue weighted by atomic mass is 35.5. The average molecular weight is 306 g/mol. The maximum absolute atomic E-state index is 12.2. The lowest BCUT2D eigenvalue weighted by Crippen LogP contribution is -2.50. The van der Waals surface area contributed by atoms with Crippen LogP contribution in [0.3, 0.4) is 0 Å². The molecular formula is C13H24ClN3O3. The van der Waals surface area contributed by atoms with Crippen LogP contribution in [0.25, 0.3) is 0 Å². The minimum absolute atomic E-state index is 0. The van der Waals surface area contributed by atoms with Crippen molar-refractivity contribution in [2.45, 2.75) is 38.3 Å². The van der Waals surface area contributed by atoms with E-state index in [9.17, 15) is 9.59 Å². The number of nitrogens with one attached hydrogen (secondary N) is 2. The van der Waals surface area contributed by atoms with Gasteiger partial charge in [-0.15, -0.1) is 12.4 Å². The Kier molecular flexibility index (Phi) is 7.26. The normalized spacial score (nSPS) is 26.6. The highest BCUT2D eigenvalue weighted by Gasteiger charge is 2.26. The van der Waals surface area contributed by atoms with Crippen molar-refractivity contribution in [3.8, 4) is 0 Å². The summed E-state index contributed by atoms with van der Waals surface area (Å²) in [6.07, 6.45) is 2.31. The first-order valence-corrected chi connectivity index (χ1v) is 7.02. The third-order valence-electron chi connectivity index (χ3n) is 3.59. The predicted octanol–water partition coefficient (Wildman–Crippen LogP) is -0.0862. The predicted molar refractivity (Wildman–Crippen MR) is 77.9 cm³/mol. The number of carbonyl (C=O) groups excluding carboxylic acids is 2. The van der Waals surface area contributed by atoms with E-state index in [2.05, 4.69) is 10.6 Å². The van der Waals surface area contributed by atoms with Crippen molar-refractivity contribution in [3.05, 3.63) is 0 Å². The summed E-state index contributed by atoms with van der Waals surface area (Å²) in [7, 11) is 0. The maximum Gasteiger partial charge on any atom is 0.225 e. The molecule has 0 aliphatic carbocycles. The molecule has 0 saturated carbocycles. The van der Waals surface area contributed by atoms with Crippen LogP contribution in [0.1, 0.15) is 26.2 Å². The van der Waals surface area contributed by atoms with E-state index in [0.717, 1.165) is 32.5 Å². The van der Waals surface area contributed by atoms with Gasteiger partial charge in [-0.05, 0) is 12.8 Å². The molecule has 20 heavy (non-hydrogen) atoms. The first kappa shape index (κ1) is 17.2. The fourth-order valence-corrected chi connectivity index (χ4v) is 2.68. The number of likely N-dealkylation sites (tertiary alicyclic amines) is 1. The van der Waals surface area contributed by atoms with E-state index in [0.29, 0.717) is 19.6 Å². The molecule has 0 aromatic rings. The Morgan fingerprint density at radius 2 is 2.25 bits per heavy atom. The van der Waals surface area contributed by atoms with E-state index in [1.54, 1.807) is 0 Å². The van der Waals surface area contributed by atoms with Gasteiger partial charge in [-0.2, -0.15) is 0 Å². The molecule has 6 nitrogen and oxygen atoms in total. The zero-order valence-corrected chi connectivity index (χ0v) is 12.7. The van der Waals surface area contributed by atoms with E-state index in [-0.39, 0.29) is 36.4 Å². The van der Waals surface area contributed by atoms with Crippen LogP contribution in [-0.2, 0) is 14.3 Å². The molecule has 0 spiro atoms. The van der Waals surface area contributed by atoms with Crippen LogP contribution in [0.2, 0.25) is 0 Å². The molecule has 0 bridgehead atoms. The van der Waals surface area contributed by atoms with Gasteiger partial charge >= 0.3 is 0 Å². The number of rotatable bonds is 3. The molecule has 2 heterocycles. The second-order valence-electron chi connectivity index (χ2n) is 5.28. The van der Waals surface area contributed by atoms with Crippen LogP contribution in [0.15, 0.2) is 0 Å². The van der Waals surface area contributed by atoms with Crippen molar-refractivity contribution in [3.63, 3.8) is 0 Å². The minimum Gasteiger partial charge on any atom is -0.375 e. The number of amides is 2. The molecule has 2 fully saturated rings. The molecule has 0 aromatic heterocycles. The molecule has 2 aliphatic rings. The lowest BCUT2D eigenvalue weighted by Gasteiger charge is -2.34. The lowest BCUT2D eigenvalue weighted by molar-refractivity contribution is -0.136. The van der Waals surface area contributed by atoms with E-state index in [1.807, 2.05) is 4.90 Å². The largest absolute Gasteiger partial charge is 0.375 e. The number of ether oxygens (including phenoxy) is 1. The minimum atomic E-state index is -0.0286. The Morgan fingerprint density at radius 3 is 2.90 bits per heavy atom. The van der Waals surface area contributed by atoms with Crippen molar-refractivity contribution in [1.82, 2.24) is 15.5 Å². The molecular weight excluding hydrogens is 282 g/mol. The summed E-state index contributed by atoms with van der Waals surface area (Å²) in [5.41, 5.74) is 0. The van der Waals surface area contributed by atoms with Crippen molar-refractivity contribution >= 4 is 24.2 Å². The van der Waals surface area contributed by atoms with Crippen molar-refractivity contribution in [2.75, 3.05) is 32.8 Å². The molecule has 2 amide bonds. The van der Waals surface area contributed by atoms with E-state index < -0.39 is 0 Å². The molecule has 0 aromatic carbocycles. The monoisotopic (exact) mass is 305 g/mol. The molecule has 2 atom stereocenters. The maximum atomic E-state index is 12.2. The number of halogens is 1. The Hall–Kier alpha value is -0.850. The van der Waals surface area contributed by atoms with Gasteiger partial charge in [0.05, 0.1) is 19.1 Å². The highest BCUT2D eigenvalue weighted by Crippen LogP contribution is 2.13. The summed E-state index contributed by atoms with van der Waals surface area (Å²) in [6, 6.07) is 0.0978. The van der Waals surface area contributed by atoms with Gasteiger partial charge < -0.3 is 20.3 Å². The fourth-order valence-electron chi connectivity index (χ4n) is 2.68. The zero-order chi connectivity index (χ0) is 13.7. The third kappa shape index (κ3) is 5.26. The quantitative estimate of drug-likeness (QED) is 0.765. The topological polar surface area (TPSA) is 70.7 Å². The van der Waals surface area contributed by atoms with E-state index in [4.69, 9.17) is 4.74 Å². The Morgan fingerprint density at radius 1 is 1.45 bits per heavy atom. The molecule has 7 heteroatoms. The molecule has 2 rings (SSSR count). The van der Waals surface area contributed by atoms with E-state index >= 15 is 0 Å². The second kappa shape index (κ2) is 8.44. The number of hydrogen-bond acceptors (Lipinski definition) is 4. The first-order valence-electron chi connectivity index (χ1n) is 7.02. The summed E-state index contributed by atoms with van der Waals surface area (Å²) in [6.45, 7) is 5.20. The summed E-state index contributed by atoms with van der Waals surface area (Å²) < 4.78 is 5.55. The van der Waals surface area contributed by atoms with Crippen LogP contribution < -0.4 is 10.6 Å². The number of piperidine rings is 1. The summed E-state index contributed by atoms with van der Waals surface area (Å²) in [5.74, 6) is 0.0999. The van der Waals surface area contributed by atoms with Gasteiger partial charge in [0.15, 0.2) is 0 Å². The van der Waals surface area contributed by atoms with E-state index in [1.165, 1.54) is 6.92 Å². The fraction of sp³-hybridized carbons (Fsp3) is 0.846. The van der Waals surface area contributed by atoms with Gasteiger partial charge in [-0.3, -0.25) is 9.59 Å². The van der Waals surface area contributed by atoms with Gasteiger partial charge in [0.1, 0.15) is 0 Å². The van der Waals surface area contributed by atoms with Crippen molar-refractivity contribution < 1.29 is 14.3 Å². The van der Waals surface area contributed by atoms with Gasteiger partial charge in [0.2, 0.25) is 11.8 Å². The highest BCUT2D eigenvalue weighted by molar-refractivity contribution is 5.85.